The van der Waals surface area contributed by atoms with E-state index in [1.54, 1.807) is 0 Å². The van der Waals surface area contributed by atoms with Gasteiger partial charge in [0.2, 0.25) is 0 Å². The lowest BCUT2D eigenvalue weighted by Gasteiger charge is -2.30. The van der Waals surface area contributed by atoms with Crippen LogP contribution in [-0.2, 0) is 0 Å². The van der Waals surface area contributed by atoms with E-state index < -0.39 is 0 Å². The Morgan fingerprint density at radius 2 is 1.50 bits per heavy atom. The van der Waals surface area contributed by atoms with Crippen LogP contribution in [0.25, 0.3) is 0 Å². The fourth-order valence-electron chi connectivity index (χ4n) is 2.38. The second kappa shape index (κ2) is 2.91. The Morgan fingerprint density at radius 1 is 1.00 bits per heavy atom. The molecule has 2 bridgehead atoms. The number of nitrogens with zero attached hydrogens (tertiary/aromatic N) is 1. The molecule has 0 aromatic heterocycles. The molecule has 60 valence electrons. The number of rotatable bonds is 0. The Kier molecular flexibility index (Phi) is 2.35. The van der Waals surface area contributed by atoms with Gasteiger partial charge in [-0.3, -0.25) is 0 Å². The summed E-state index contributed by atoms with van der Waals surface area (Å²) in [5.41, 5.74) is 0. The minimum atomic E-state index is 0. The van der Waals surface area contributed by atoms with Crippen LogP contribution in [0.3, 0.4) is 0 Å². The van der Waals surface area contributed by atoms with Crippen molar-refractivity contribution in [1.82, 2.24) is 4.90 Å². The molecule has 0 spiro atoms. The first-order valence-electron chi connectivity index (χ1n) is 4.10. The summed E-state index contributed by atoms with van der Waals surface area (Å²) in [6.07, 6.45) is 7.36. The zero-order valence-electron chi connectivity index (χ0n) is 6.14. The van der Waals surface area contributed by atoms with E-state index in [-0.39, 0.29) is 7.43 Å². The van der Waals surface area contributed by atoms with Crippen LogP contribution in [0.15, 0.2) is 0 Å². The standard InChI is InChI=1S/C8H15N.CH4/c1-9-7-3-2-4-8(9)6-5-7;/h7-8H,2-6H2,1H3;1H4/t7-,8+;. The molecule has 0 amide bonds. The number of hydrogen-bond acceptors (Lipinski definition) is 1. The molecule has 2 saturated heterocycles. The van der Waals surface area contributed by atoms with Gasteiger partial charge in [-0.25, -0.2) is 0 Å². The molecule has 0 N–H and O–H groups in total. The van der Waals surface area contributed by atoms with E-state index in [4.69, 9.17) is 0 Å². The smallest absolute Gasteiger partial charge is 0.00957 e. The van der Waals surface area contributed by atoms with E-state index in [1.165, 1.54) is 32.1 Å². The average molecular weight is 141 g/mol. The van der Waals surface area contributed by atoms with Gasteiger partial charge in [-0.2, -0.15) is 0 Å². The first-order valence-corrected chi connectivity index (χ1v) is 4.10. The van der Waals surface area contributed by atoms with Gasteiger partial charge in [-0.15, -0.1) is 0 Å². The Bertz CT molecular complexity index is 95.3. The summed E-state index contributed by atoms with van der Waals surface area (Å²) < 4.78 is 0. The average Bonchev–Trinajstić information content (AvgIpc) is 2.19. The van der Waals surface area contributed by atoms with Crippen molar-refractivity contribution in [2.75, 3.05) is 7.05 Å². The Morgan fingerprint density at radius 3 is 1.90 bits per heavy atom. The van der Waals surface area contributed by atoms with Crippen LogP contribution in [0.1, 0.15) is 39.5 Å². The minimum Gasteiger partial charge on any atom is -0.300 e. The predicted octanol–water partition coefficient (Wildman–Crippen LogP) is 2.27. The summed E-state index contributed by atoms with van der Waals surface area (Å²) in [5.74, 6) is 0. The maximum Gasteiger partial charge on any atom is 0.00957 e. The lowest BCUT2D eigenvalue weighted by molar-refractivity contribution is 0.179. The summed E-state index contributed by atoms with van der Waals surface area (Å²) in [7, 11) is 2.29. The highest BCUT2D eigenvalue weighted by Crippen LogP contribution is 2.33. The van der Waals surface area contributed by atoms with Crippen LogP contribution in [0.2, 0.25) is 0 Å². The number of hydrogen-bond donors (Lipinski definition) is 0. The summed E-state index contributed by atoms with van der Waals surface area (Å²) in [4.78, 5) is 2.59. The van der Waals surface area contributed by atoms with Crippen molar-refractivity contribution in [1.29, 1.82) is 0 Å². The molecule has 2 heterocycles. The highest BCUT2D eigenvalue weighted by Gasteiger charge is 2.33. The number of piperidine rings is 1. The molecule has 0 radical (unpaired) electrons. The molecule has 1 nitrogen and oxygen atoms in total. The van der Waals surface area contributed by atoms with Gasteiger partial charge in [0.25, 0.3) is 0 Å². The monoisotopic (exact) mass is 141 g/mol. The highest BCUT2D eigenvalue weighted by molar-refractivity contribution is 4.89. The third kappa shape index (κ3) is 1.07. The van der Waals surface area contributed by atoms with Crippen LogP contribution in [0.4, 0.5) is 0 Å². The molecule has 10 heavy (non-hydrogen) atoms. The van der Waals surface area contributed by atoms with Crippen LogP contribution in [-0.4, -0.2) is 24.0 Å². The van der Waals surface area contributed by atoms with Crippen molar-refractivity contribution < 1.29 is 0 Å². The van der Waals surface area contributed by atoms with Gasteiger partial charge in [-0.1, -0.05) is 13.8 Å². The predicted molar refractivity (Wildman–Crippen MR) is 45.2 cm³/mol. The lowest BCUT2D eigenvalue weighted by Crippen LogP contribution is -2.35. The van der Waals surface area contributed by atoms with Crippen LogP contribution in [0.5, 0.6) is 0 Å². The normalized spacial score (nSPS) is 39.3. The van der Waals surface area contributed by atoms with E-state index in [2.05, 4.69) is 11.9 Å². The van der Waals surface area contributed by atoms with E-state index in [9.17, 15) is 0 Å². The molecule has 0 unspecified atom stereocenters. The lowest BCUT2D eigenvalue weighted by atomic mass is 10.0. The van der Waals surface area contributed by atoms with Crippen molar-refractivity contribution in [2.45, 2.75) is 51.6 Å². The molecule has 2 fully saturated rings. The van der Waals surface area contributed by atoms with Crippen LogP contribution < -0.4 is 0 Å². The van der Waals surface area contributed by atoms with Gasteiger partial charge >= 0.3 is 0 Å². The van der Waals surface area contributed by atoms with Crippen molar-refractivity contribution >= 4 is 0 Å². The summed E-state index contributed by atoms with van der Waals surface area (Å²) in [6.45, 7) is 0. The fraction of sp³-hybridized carbons (Fsp3) is 1.00. The van der Waals surface area contributed by atoms with Crippen molar-refractivity contribution in [2.24, 2.45) is 0 Å². The Labute approximate surface area is 64.4 Å². The van der Waals surface area contributed by atoms with E-state index in [0.29, 0.717) is 0 Å². The summed E-state index contributed by atoms with van der Waals surface area (Å²) >= 11 is 0. The molecule has 0 aromatic carbocycles. The number of fused-ring (bicyclic) bond motifs is 2. The Balaban J connectivity index is 0.000000500. The maximum absolute atomic E-state index is 2.59. The molecule has 0 aromatic rings. The minimum absolute atomic E-state index is 0. The van der Waals surface area contributed by atoms with Gasteiger partial charge in [0.15, 0.2) is 0 Å². The second-order valence-corrected chi connectivity index (χ2v) is 3.48. The van der Waals surface area contributed by atoms with Gasteiger partial charge < -0.3 is 4.90 Å². The van der Waals surface area contributed by atoms with E-state index >= 15 is 0 Å². The summed E-state index contributed by atoms with van der Waals surface area (Å²) in [6, 6.07) is 1.92. The SMILES string of the molecule is C.CN1[C@@H]2CCC[C@H]1CC2. The van der Waals surface area contributed by atoms with Gasteiger partial charge in [0.1, 0.15) is 0 Å². The van der Waals surface area contributed by atoms with Gasteiger partial charge in [0, 0.05) is 12.1 Å². The zero-order chi connectivity index (χ0) is 6.27. The van der Waals surface area contributed by atoms with E-state index in [1.807, 2.05) is 0 Å². The largest absolute Gasteiger partial charge is 0.300 e. The van der Waals surface area contributed by atoms with Crippen LogP contribution in [0, 0.1) is 0 Å². The first-order chi connectivity index (χ1) is 4.38. The molecule has 2 atom stereocenters. The van der Waals surface area contributed by atoms with Crippen molar-refractivity contribution in [3.63, 3.8) is 0 Å². The van der Waals surface area contributed by atoms with Crippen molar-refractivity contribution in [3.05, 3.63) is 0 Å². The fourth-order valence-corrected chi connectivity index (χ4v) is 2.38. The molecule has 1 heteroatoms. The van der Waals surface area contributed by atoms with Gasteiger partial charge in [0.05, 0.1) is 0 Å². The third-order valence-corrected chi connectivity index (χ3v) is 3.06. The highest BCUT2D eigenvalue weighted by atomic mass is 15.2. The van der Waals surface area contributed by atoms with E-state index in [0.717, 1.165) is 12.1 Å². The Hall–Kier alpha value is -0.0400. The molecule has 2 rings (SSSR count). The molecule has 0 saturated carbocycles. The quantitative estimate of drug-likeness (QED) is 0.500. The maximum atomic E-state index is 2.59. The topological polar surface area (TPSA) is 3.24 Å². The third-order valence-electron chi connectivity index (χ3n) is 3.06. The first kappa shape index (κ1) is 8.06. The summed E-state index contributed by atoms with van der Waals surface area (Å²) in [5, 5.41) is 0. The van der Waals surface area contributed by atoms with Crippen molar-refractivity contribution in [3.8, 4) is 0 Å². The molecular weight excluding hydrogens is 122 g/mol. The molecule has 0 aliphatic carbocycles. The molecule has 2 aliphatic rings. The molecule has 2 aliphatic heterocycles. The zero-order valence-corrected chi connectivity index (χ0v) is 6.14. The molecular formula is C9H19N. The van der Waals surface area contributed by atoms with Crippen LogP contribution >= 0.6 is 0 Å². The van der Waals surface area contributed by atoms with Gasteiger partial charge in [-0.05, 0) is 32.7 Å². The second-order valence-electron chi connectivity index (χ2n) is 3.48.